The molecule has 0 bridgehead atoms. The van der Waals surface area contributed by atoms with Crippen molar-refractivity contribution >= 4 is 53.3 Å². The highest BCUT2D eigenvalue weighted by Crippen LogP contribution is 2.43. The van der Waals surface area contributed by atoms with E-state index in [9.17, 15) is 0 Å². The average Bonchev–Trinajstić information content (AvgIpc) is 3.81. The van der Waals surface area contributed by atoms with Gasteiger partial charge in [0.2, 0.25) is 0 Å². The third-order valence-electron chi connectivity index (χ3n) is 11.4. The molecule has 0 amide bonds. The fraction of sp³-hybridized carbons (Fsp3) is 0.0769. The molecule has 274 valence electrons. The molecule has 1 aliphatic carbocycles. The molecule has 4 nitrogen and oxygen atoms in total. The van der Waals surface area contributed by atoms with E-state index in [4.69, 9.17) is 15.7 Å². The van der Waals surface area contributed by atoms with Crippen LogP contribution >= 0.6 is 11.3 Å². The number of nitrogens with two attached hydrogens (primary N) is 1. The molecule has 0 radical (unpaired) electrons. The third kappa shape index (κ3) is 6.27. The molecule has 2 N–H and O–H groups in total. The Morgan fingerprint density at radius 1 is 0.632 bits per heavy atom. The van der Waals surface area contributed by atoms with Crippen molar-refractivity contribution < 1.29 is 0 Å². The lowest BCUT2D eigenvalue weighted by molar-refractivity contribution is 0.709. The fourth-order valence-corrected chi connectivity index (χ4v) is 9.63. The molecule has 57 heavy (non-hydrogen) atoms. The summed E-state index contributed by atoms with van der Waals surface area (Å²) in [6.45, 7) is 2.23. The standard InChI is InChI=1S/C52H40N4S/c1-34(12-6-9-27-53)35-21-25-51-45(30-35)46-33-38(22-26-52(46)57-51)56-49-23-19-36(39-13-2-4-15-41(39)47-17-7-10-28-54-47)31-43(49)44-32-37(20-24-50(44)56)40-14-3-5-16-42(40)48-18-8-11-29-55-48/h2-34,39,41H,53H2,1H3/b12-6-,27-9-. The highest BCUT2D eigenvalue weighted by molar-refractivity contribution is 7.25. The lowest BCUT2D eigenvalue weighted by Crippen LogP contribution is -2.10. The Balaban J connectivity index is 1.17. The van der Waals surface area contributed by atoms with Crippen molar-refractivity contribution in [3.05, 3.63) is 211 Å². The lowest BCUT2D eigenvalue weighted by Gasteiger charge is -2.24. The molecule has 0 spiro atoms. The second-order valence-electron chi connectivity index (χ2n) is 14.8. The predicted octanol–water partition coefficient (Wildman–Crippen LogP) is 13.4. The van der Waals surface area contributed by atoms with E-state index in [0.717, 1.165) is 33.8 Å². The number of benzene rings is 5. The summed E-state index contributed by atoms with van der Waals surface area (Å²) in [5.74, 6) is 0.573. The molecule has 0 aliphatic heterocycles. The van der Waals surface area contributed by atoms with Crippen LogP contribution in [0.1, 0.15) is 41.5 Å². The predicted molar refractivity (Wildman–Crippen MR) is 241 cm³/mol. The monoisotopic (exact) mass is 752 g/mol. The van der Waals surface area contributed by atoms with Gasteiger partial charge >= 0.3 is 0 Å². The Hall–Kier alpha value is -6.82. The maximum atomic E-state index is 5.59. The first-order chi connectivity index (χ1) is 28.1. The number of aromatic nitrogens is 3. The molecule has 1 aliphatic rings. The number of hydrogen-bond acceptors (Lipinski definition) is 4. The Bertz CT molecular complexity index is 3060. The minimum absolute atomic E-state index is 0.150. The van der Waals surface area contributed by atoms with Crippen LogP contribution < -0.4 is 5.73 Å². The van der Waals surface area contributed by atoms with Crippen LogP contribution in [0.25, 0.3) is 70.0 Å². The number of nitrogens with zero attached hydrogens (tertiary/aromatic N) is 3. The van der Waals surface area contributed by atoms with Gasteiger partial charge in [-0.2, -0.15) is 0 Å². The van der Waals surface area contributed by atoms with Crippen LogP contribution in [-0.4, -0.2) is 14.5 Å². The van der Waals surface area contributed by atoms with Crippen LogP contribution in [-0.2, 0) is 0 Å². The summed E-state index contributed by atoms with van der Waals surface area (Å²) in [6, 6.07) is 48.8. The largest absolute Gasteiger partial charge is 0.405 e. The molecule has 3 unspecified atom stereocenters. The van der Waals surface area contributed by atoms with Crippen LogP contribution in [0, 0.1) is 0 Å². The van der Waals surface area contributed by atoms with Crippen LogP contribution in [0.5, 0.6) is 0 Å². The van der Waals surface area contributed by atoms with Crippen molar-refractivity contribution in [1.29, 1.82) is 0 Å². The first-order valence-corrected chi connectivity index (χ1v) is 20.3. The van der Waals surface area contributed by atoms with Gasteiger partial charge in [0.1, 0.15) is 0 Å². The van der Waals surface area contributed by atoms with Crippen LogP contribution in [0.15, 0.2) is 195 Å². The minimum atomic E-state index is 0.150. The number of pyridine rings is 2. The van der Waals surface area contributed by atoms with Gasteiger partial charge in [0.05, 0.1) is 16.7 Å². The Morgan fingerprint density at radius 2 is 1.35 bits per heavy atom. The Kier molecular flexibility index (Phi) is 8.93. The van der Waals surface area contributed by atoms with Crippen molar-refractivity contribution in [1.82, 2.24) is 14.5 Å². The Labute approximate surface area is 336 Å². The molecule has 5 heteroatoms. The van der Waals surface area contributed by atoms with Crippen LogP contribution in [0.4, 0.5) is 0 Å². The second-order valence-corrected chi connectivity index (χ2v) is 15.9. The van der Waals surface area contributed by atoms with Crippen molar-refractivity contribution in [2.45, 2.75) is 24.7 Å². The number of hydrogen-bond donors (Lipinski definition) is 1. The molecule has 4 heterocycles. The van der Waals surface area contributed by atoms with E-state index >= 15 is 0 Å². The quantitative estimate of drug-likeness (QED) is 0.157. The molecular weight excluding hydrogens is 713 g/mol. The topological polar surface area (TPSA) is 56.7 Å². The van der Waals surface area contributed by atoms with Gasteiger partial charge in [-0.3, -0.25) is 9.97 Å². The highest BCUT2D eigenvalue weighted by Gasteiger charge is 2.25. The molecule has 5 aromatic carbocycles. The van der Waals surface area contributed by atoms with Crippen LogP contribution in [0.2, 0.25) is 0 Å². The van der Waals surface area contributed by atoms with Gasteiger partial charge in [0.25, 0.3) is 0 Å². The first-order valence-electron chi connectivity index (χ1n) is 19.5. The van der Waals surface area contributed by atoms with Gasteiger partial charge in [0, 0.05) is 72.1 Å². The number of rotatable bonds is 8. The van der Waals surface area contributed by atoms with Crippen molar-refractivity contribution in [2.24, 2.45) is 5.73 Å². The number of fused-ring (bicyclic) bond motifs is 6. The summed E-state index contributed by atoms with van der Waals surface area (Å²) in [5, 5.41) is 5.01. The summed E-state index contributed by atoms with van der Waals surface area (Å²) >= 11 is 1.85. The summed E-state index contributed by atoms with van der Waals surface area (Å²) in [4.78, 5) is 9.51. The Morgan fingerprint density at radius 3 is 2.14 bits per heavy atom. The van der Waals surface area contributed by atoms with Gasteiger partial charge in [-0.15, -0.1) is 11.3 Å². The van der Waals surface area contributed by atoms with Gasteiger partial charge in [-0.1, -0.05) is 98.0 Å². The zero-order chi connectivity index (χ0) is 38.3. The van der Waals surface area contributed by atoms with E-state index in [1.807, 2.05) is 48.0 Å². The lowest BCUT2D eigenvalue weighted by atomic mass is 9.80. The molecular formula is C52H40N4S. The van der Waals surface area contributed by atoms with E-state index in [-0.39, 0.29) is 17.8 Å². The molecule has 10 rings (SSSR count). The van der Waals surface area contributed by atoms with Crippen LogP contribution in [0.3, 0.4) is 0 Å². The van der Waals surface area contributed by atoms with E-state index < -0.39 is 0 Å². The van der Waals surface area contributed by atoms with Crippen molar-refractivity contribution in [3.8, 4) is 28.1 Å². The van der Waals surface area contributed by atoms with Gasteiger partial charge < -0.3 is 10.3 Å². The summed E-state index contributed by atoms with van der Waals surface area (Å²) < 4.78 is 5.03. The van der Waals surface area contributed by atoms with E-state index in [1.165, 1.54) is 53.1 Å². The maximum absolute atomic E-state index is 5.59. The normalized spacial score (nSPS) is 16.2. The smallest absolute Gasteiger partial charge is 0.0708 e. The van der Waals surface area contributed by atoms with E-state index in [0.29, 0.717) is 0 Å². The van der Waals surface area contributed by atoms with E-state index in [1.54, 1.807) is 6.20 Å². The van der Waals surface area contributed by atoms with Crippen molar-refractivity contribution in [2.75, 3.05) is 0 Å². The van der Waals surface area contributed by atoms with Gasteiger partial charge in [0.15, 0.2) is 0 Å². The molecule has 4 aromatic heterocycles. The summed E-state index contributed by atoms with van der Waals surface area (Å²) in [6.07, 6.45) is 20.3. The van der Waals surface area contributed by atoms with Crippen molar-refractivity contribution in [3.63, 3.8) is 0 Å². The summed E-state index contributed by atoms with van der Waals surface area (Å²) in [7, 11) is 0. The maximum Gasteiger partial charge on any atom is 0.0708 e. The highest BCUT2D eigenvalue weighted by atomic mass is 32.1. The van der Waals surface area contributed by atoms with Gasteiger partial charge in [-0.25, -0.2) is 0 Å². The summed E-state index contributed by atoms with van der Waals surface area (Å²) in [5.41, 5.74) is 17.1. The first kappa shape index (κ1) is 34.7. The average molecular weight is 753 g/mol. The fourth-order valence-electron chi connectivity index (χ4n) is 8.57. The number of thiophene rings is 1. The number of allylic oxidation sites excluding steroid dienone is 7. The minimum Gasteiger partial charge on any atom is -0.405 e. The molecule has 0 saturated heterocycles. The SMILES string of the molecule is CC(/C=C\C=C/N)c1ccc2sc3ccc(-n4c5ccc(-c6ccccc6-c6ccccn6)cc5c5cc(C6C=CC=CC6c6ccccn6)ccc54)cc3c2c1. The third-order valence-corrected chi connectivity index (χ3v) is 12.6. The zero-order valence-electron chi connectivity index (χ0n) is 31.5. The molecule has 9 aromatic rings. The second kappa shape index (κ2) is 14.7. The molecule has 0 saturated carbocycles. The zero-order valence-corrected chi connectivity index (χ0v) is 32.4. The molecule has 3 atom stereocenters. The molecule has 0 fully saturated rings. The van der Waals surface area contributed by atoms with E-state index in [2.05, 4.69) is 163 Å². The van der Waals surface area contributed by atoms with Gasteiger partial charge in [-0.05, 0) is 119 Å².